The Balaban J connectivity index is 2.05. The molecule has 0 radical (unpaired) electrons. The Morgan fingerprint density at radius 2 is 2.12 bits per heavy atom. The van der Waals surface area contributed by atoms with Gasteiger partial charge in [0.25, 0.3) is 5.91 Å². The van der Waals surface area contributed by atoms with Gasteiger partial charge in [-0.2, -0.15) is 0 Å². The molecule has 1 aliphatic carbocycles. The van der Waals surface area contributed by atoms with E-state index in [1.54, 1.807) is 6.07 Å². The minimum Gasteiger partial charge on any atom is -0.483 e. The third kappa shape index (κ3) is 1.64. The van der Waals surface area contributed by atoms with E-state index in [4.69, 9.17) is 4.74 Å². The molecule has 3 rings (SSSR count). The van der Waals surface area contributed by atoms with E-state index >= 15 is 0 Å². The van der Waals surface area contributed by atoms with Gasteiger partial charge in [0.2, 0.25) is 0 Å². The zero-order valence-corrected chi connectivity index (χ0v) is 9.51. The van der Waals surface area contributed by atoms with Crippen LogP contribution < -0.4 is 10.1 Å². The van der Waals surface area contributed by atoms with E-state index in [1.807, 2.05) is 43.4 Å². The summed E-state index contributed by atoms with van der Waals surface area (Å²) >= 11 is 0. The number of fused-ring (bicyclic) bond motifs is 2. The minimum absolute atomic E-state index is 0.0695. The van der Waals surface area contributed by atoms with Gasteiger partial charge in [-0.25, -0.2) is 0 Å². The van der Waals surface area contributed by atoms with Crippen LogP contribution in [-0.2, 0) is 0 Å². The molecule has 0 fully saturated rings. The molecule has 0 spiro atoms. The standard InChI is InChI=1S/C14H13NO2/c1-9-5-4-8-12-13(9)15-14(16)10-6-2-3-7-11(10)17-12/h2-8,12-13H,1H3,(H,15,16). The van der Waals surface area contributed by atoms with Crippen molar-refractivity contribution >= 4 is 5.91 Å². The Hall–Kier alpha value is -2.03. The highest BCUT2D eigenvalue weighted by Gasteiger charge is 2.31. The molecule has 0 aromatic heterocycles. The maximum Gasteiger partial charge on any atom is 0.255 e. The Morgan fingerprint density at radius 3 is 3.00 bits per heavy atom. The summed E-state index contributed by atoms with van der Waals surface area (Å²) in [7, 11) is 0. The van der Waals surface area contributed by atoms with Crippen molar-refractivity contribution in [1.29, 1.82) is 0 Å². The van der Waals surface area contributed by atoms with Crippen LogP contribution in [0.25, 0.3) is 0 Å². The number of rotatable bonds is 0. The first-order valence-corrected chi connectivity index (χ1v) is 5.67. The third-order valence-corrected chi connectivity index (χ3v) is 3.16. The van der Waals surface area contributed by atoms with Crippen molar-refractivity contribution in [3.8, 4) is 5.75 Å². The molecule has 1 heterocycles. The monoisotopic (exact) mass is 227 g/mol. The summed E-state index contributed by atoms with van der Waals surface area (Å²) in [5, 5.41) is 3.00. The average molecular weight is 227 g/mol. The molecule has 1 aliphatic heterocycles. The van der Waals surface area contributed by atoms with Crippen LogP contribution in [0.1, 0.15) is 17.3 Å². The zero-order chi connectivity index (χ0) is 11.8. The summed E-state index contributed by atoms with van der Waals surface area (Å²) in [5.74, 6) is 0.577. The van der Waals surface area contributed by atoms with Gasteiger partial charge in [0.1, 0.15) is 11.9 Å². The summed E-state index contributed by atoms with van der Waals surface area (Å²) in [6, 6.07) is 7.26. The van der Waals surface area contributed by atoms with Crippen molar-refractivity contribution in [2.75, 3.05) is 0 Å². The second kappa shape index (κ2) is 3.77. The molecule has 3 nitrogen and oxygen atoms in total. The maximum atomic E-state index is 12.1. The predicted molar refractivity (Wildman–Crippen MR) is 65.0 cm³/mol. The lowest BCUT2D eigenvalue weighted by molar-refractivity contribution is 0.0937. The van der Waals surface area contributed by atoms with Crippen LogP contribution in [0.3, 0.4) is 0 Å². The lowest BCUT2D eigenvalue weighted by Crippen LogP contribution is -2.44. The molecule has 0 saturated heterocycles. The molecule has 1 amide bonds. The van der Waals surface area contributed by atoms with E-state index in [2.05, 4.69) is 5.32 Å². The van der Waals surface area contributed by atoms with E-state index in [1.165, 1.54) is 0 Å². The SMILES string of the molecule is CC1=CC=CC2Oc3ccccc3C(=O)NC12. The van der Waals surface area contributed by atoms with Crippen LogP contribution in [0.4, 0.5) is 0 Å². The van der Waals surface area contributed by atoms with Gasteiger partial charge in [-0.3, -0.25) is 4.79 Å². The highest BCUT2D eigenvalue weighted by atomic mass is 16.5. The van der Waals surface area contributed by atoms with E-state index < -0.39 is 0 Å². The van der Waals surface area contributed by atoms with Gasteiger partial charge < -0.3 is 10.1 Å². The summed E-state index contributed by atoms with van der Waals surface area (Å²) < 4.78 is 5.89. The molecular formula is C14H13NO2. The number of nitrogens with one attached hydrogen (secondary N) is 1. The van der Waals surface area contributed by atoms with Crippen molar-refractivity contribution in [2.45, 2.75) is 19.1 Å². The van der Waals surface area contributed by atoms with Crippen molar-refractivity contribution in [3.05, 3.63) is 53.6 Å². The molecule has 0 saturated carbocycles. The summed E-state index contributed by atoms with van der Waals surface area (Å²) in [5.41, 5.74) is 1.71. The van der Waals surface area contributed by atoms with Crippen LogP contribution in [-0.4, -0.2) is 18.1 Å². The molecule has 3 heteroatoms. The lowest BCUT2D eigenvalue weighted by atomic mass is 9.97. The summed E-state index contributed by atoms with van der Waals surface area (Å²) in [4.78, 5) is 12.1. The number of carbonyl (C=O) groups excluding carboxylic acids is 1. The Morgan fingerprint density at radius 1 is 1.29 bits per heavy atom. The molecule has 0 bridgehead atoms. The Bertz CT molecular complexity index is 531. The van der Waals surface area contributed by atoms with E-state index in [9.17, 15) is 4.79 Å². The van der Waals surface area contributed by atoms with Crippen LogP contribution in [0.15, 0.2) is 48.1 Å². The maximum absolute atomic E-state index is 12.1. The number of allylic oxidation sites excluding steroid dienone is 2. The van der Waals surface area contributed by atoms with Gasteiger partial charge >= 0.3 is 0 Å². The number of amides is 1. The predicted octanol–water partition coefficient (Wildman–Crippen LogP) is 2.06. The van der Waals surface area contributed by atoms with E-state index in [0.29, 0.717) is 11.3 Å². The van der Waals surface area contributed by atoms with Crippen LogP contribution in [0, 0.1) is 0 Å². The fraction of sp³-hybridized carbons (Fsp3) is 0.214. The topological polar surface area (TPSA) is 38.3 Å². The molecule has 1 aromatic rings. The molecular weight excluding hydrogens is 214 g/mol. The number of hydrogen-bond donors (Lipinski definition) is 1. The molecule has 2 atom stereocenters. The molecule has 17 heavy (non-hydrogen) atoms. The first kappa shape index (κ1) is 10.1. The van der Waals surface area contributed by atoms with Crippen molar-refractivity contribution in [3.63, 3.8) is 0 Å². The minimum atomic E-state index is -0.118. The van der Waals surface area contributed by atoms with Crippen molar-refractivity contribution < 1.29 is 9.53 Å². The fourth-order valence-electron chi connectivity index (χ4n) is 2.22. The van der Waals surface area contributed by atoms with Crippen LogP contribution in [0.2, 0.25) is 0 Å². The Labute approximate surface area is 99.8 Å². The largest absolute Gasteiger partial charge is 0.483 e. The molecule has 2 aliphatic rings. The fourth-order valence-corrected chi connectivity index (χ4v) is 2.22. The van der Waals surface area contributed by atoms with Gasteiger partial charge in [0.15, 0.2) is 0 Å². The zero-order valence-electron chi connectivity index (χ0n) is 9.51. The number of para-hydroxylation sites is 1. The van der Waals surface area contributed by atoms with E-state index in [0.717, 1.165) is 5.57 Å². The number of ether oxygens (including phenoxy) is 1. The normalized spacial score (nSPS) is 25.9. The van der Waals surface area contributed by atoms with E-state index in [-0.39, 0.29) is 18.1 Å². The Kier molecular flexibility index (Phi) is 2.25. The van der Waals surface area contributed by atoms with Crippen molar-refractivity contribution in [2.24, 2.45) is 0 Å². The quantitative estimate of drug-likeness (QED) is 0.736. The van der Waals surface area contributed by atoms with Gasteiger partial charge in [-0.1, -0.05) is 24.3 Å². The van der Waals surface area contributed by atoms with Gasteiger partial charge in [0.05, 0.1) is 11.6 Å². The number of carbonyl (C=O) groups is 1. The molecule has 86 valence electrons. The van der Waals surface area contributed by atoms with Crippen LogP contribution >= 0.6 is 0 Å². The summed E-state index contributed by atoms with van der Waals surface area (Å²) in [6.07, 6.45) is 5.82. The van der Waals surface area contributed by atoms with Gasteiger partial charge in [-0.05, 0) is 30.7 Å². The smallest absolute Gasteiger partial charge is 0.255 e. The molecule has 2 unspecified atom stereocenters. The first-order valence-electron chi connectivity index (χ1n) is 5.67. The van der Waals surface area contributed by atoms with Gasteiger partial charge in [0, 0.05) is 0 Å². The van der Waals surface area contributed by atoms with Crippen molar-refractivity contribution in [1.82, 2.24) is 5.32 Å². The van der Waals surface area contributed by atoms with Crippen LogP contribution in [0.5, 0.6) is 5.75 Å². The number of benzene rings is 1. The molecule has 1 N–H and O–H groups in total. The number of hydrogen-bond acceptors (Lipinski definition) is 2. The molecule has 1 aromatic carbocycles. The summed E-state index contributed by atoms with van der Waals surface area (Å²) in [6.45, 7) is 2.00. The highest BCUT2D eigenvalue weighted by molar-refractivity contribution is 5.97. The highest BCUT2D eigenvalue weighted by Crippen LogP contribution is 2.27. The van der Waals surface area contributed by atoms with Gasteiger partial charge in [-0.15, -0.1) is 0 Å². The lowest BCUT2D eigenvalue weighted by Gasteiger charge is -2.26. The third-order valence-electron chi connectivity index (χ3n) is 3.16. The second-order valence-electron chi connectivity index (χ2n) is 4.33. The average Bonchev–Trinajstić information content (AvgIpc) is 2.47. The second-order valence-corrected chi connectivity index (χ2v) is 4.33. The first-order chi connectivity index (χ1) is 8.25.